The van der Waals surface area contributed by atoms with E-state index in [9.17, 15) is 23.7 Å². The number of thiazole rings is 1. The molecule has 0 atom stereocenters. The highest BCUT2D eigenvalue weighted by molar-refractivity contribution is 7.89. The minimum Gasteiger partial charge on any atom is -0.504 e. The SMILES string of the molecule is O=S(=O)(c1ccc(N=c2scc(-c3cc4ccccc4o3)n2N=Cc2ccc(O)c(O)c2O)cc1)N1CCOCC1. The summed E-state index contributed by atoms with van der Waals surface area (Å²) in [6.45, 7) is 1.34. The van der Waals surface area contributed by atoms with Crippen LogP contribution in [0.15, 0.2) is 91.5 Å². The number of para-hydroxylation sites is 1. The Bertz CT molecular complexity index is 1900. The Morgan fingerprint density at radius 2 is 1.68 bits per heavy atom. The van der Waals surface area contributed by atoms with Crippen molar-refractivity contribution < 1.29 is 32.9 Å². The number of ether oxygens (including phenoxy) is 1. The van der Waals surface area contributed by atoms with Crippen molar-refractivity contribution in [2.75, 3.05) is 26.3 Å². The molecular formula is C28H24N4O7S2. The number of aromatic nitrogens is 1. The third-order valence-electron chi connectivity index (χ3n) is 6.51. The molecule has 13 heteroatoms. The van der Waals surface area contributed by atoms with E-state index in [0.717, 1.165) is 5.39 Å². The Hall–Kier alpha value is -4.43. The Morgan fingerprint density at radius 1 is 0.927 bits per heavy atom. The summed E-state index contributed by atoms with van der Waals surface area (Å²) in [6, 6.07) is 18.4. The van der Waals surface area contributed by atoms with Gasteiger partial charge < -0.3 is 24.5 Å². The minimum absolute atomic E-state index is 0.165. The van der Waals surface area contributed by atoms with Crippen LogP contribution < -0.4 is 4.80 Å². The van der Waals surface area contributed by atoms with Gasteiger partial charge >= 0.3 is 0 Å². The standard InChI is InChI=1S/C28H24N4O7S2/c33-23-10-5-19(26(34)27(23)35)16-29-32-22(25-15-18-3-1-2-4-24(18)39-25)17-40-28(32)30-20-6-8-21(9-7-20)41(36,37)31-11-13-38-14-12-31/h1-10,15-17,33-35H,11-14H2. The number of nitrogens with zero attached hydrogens (tertiary/aromatic N) is 4. The number of hydrogen-bond donors (Lipinski definition) is 3. The second-order valence-corrected chi connectivity index (χ2v) is 11.9. The normalized spacial score (nSPS) is 15.3. The summed E-state index contributed by atoms with van der Waals surface area (Å²) in [6.07, 6.45) is 1.32. The van der Waals surface area contributed by atoms with Crippen LogP contribution in [0, 0.1) is 0 Å². The summed E-state index contributed by atoms with van der Waals surface area (Å²) in [5.74, 6) is -1.10. The van der Waals surface area contributed by atoms with Crippen LogP contribution >= 0.6 is 11.3 Å². The fraction of sp³-hybridized carbons (Fsp3) is 0.143. The lowest BCUT2D eigenvalue weighted by atomic mass is 10.2. The van der Waals surface area contributed by atoms with Gasteiger partial charge in [-0.3, -0.25) is 0 Å². The van der Waals surface area contributed by atoms with Crippen molar-refractivity contribution in [3.05, 3.63) is 82.5 Å². The van der Waals surface area contributed by atoms with E-state index >= 15 is 0 Å². The van der Waals surface area contributed by atoms with Crippen LogP contribution in [0.25, 0.3) is 22.4 Å². The van der Waals surface area contributed by atoms with Gasteiger partial charge in [-0.05, 0) is 48.5 Å². The van der Waals surface area contributed by atoms with Gasteiger partial charge in [-0.15, -0.1) is 11.3 Å². The summed E-state index contributed by atoms with van der Waals surface area (Å²) in [5, 5.41) is 37.1. The fourth-order valence-corrected chi connectivity index (χ4v) is 6.56. The van der Waals surface area contributed by atoms with Crippen LogP contribution in [0.5, 0.6) is 17.2 Å². The Morgan fingerprint density at radius 3 is 2.44 bits per heavy atom. The van der Waals surface area contributed by atoms with E-state index in [0.29, 0.717) is 53.8 Å². The molecule has 0 bridgehead atoms. The molecule has 0 amide bonds. The zero-order chi connectivity index (χ0) is 28.6. The lowest BCUT2D eigenvalue weighted by Gasteiger charge is -2.26. The first-order valence-electron chi connectivity index (χ1n) is 12.5. The van der Waals surface area contributed by atoms with Crippen molar-refractivity contribution in [1.29, 1.82) is 0 Å². The van der Waals surface area contributed by atoms with Crippen LogP contribution in [-0.2, 0) is 14.8 Å². The molecule has 2 aromatic heterocycles. The average molecular weight is 593 g/mol. The molecule has 210 valence electrons. The molecule has 11 nitrogen and oxygen atoms in total. The number of aromatic hydroxyl groups is 3. The molecule has 0 aliphatic carbocycles. The number of phenolic OH excluding ortho intramolecular Hbond substituents is 3. The topological polar surface area (TPSA) is 150 Å². The molecule has 0 spiro atoms. The van der Waals surface area contributed by atoms with Crippen LogP contribution in [0.3, 0.4) is 0 Å². The Kier molecular flexibility index (Phi) is 7.09. The van der Waals surface area contributed by atoms with Gasteiger partial charge in [0, 0.05) is 29.4 Å². The van der Waals surface area contributed by atoms with Gasteiger partial charge in [-0.1, -0.05) is 18.2 Å². The van der Waals surface area contributed by atoms with Crippen molar-refractivity contribution in [3.63, 3.8) is 0 Å². The third-order valence-corrected chi connectivity index (χ3v) is 9.24. The number of phenols is 3. The first-order chi connectivity index (χ1) is 19.8. The zero-order valence-corrected chi connectivity index (χ0v) is 23.0. The molecule has 3 heterocycles. The molecule has 0 radical (unpaired) electrons. The number of furan rings is 1. The number of hydrogen-bond acceptors (Lipinski definition) is 10. The summed E-state index contributed by atoms with van der Waals surface area (Å²) in [7, 11) is -3.64. The van der Waals surface area contributed by atoms with Crippen LogP contribution in [0.1, 0.15) is 5.56 Å². The highest BCUT2D eigenvalue weighted by Crippen LogP contribution is 2.36. The molecule has 1 fully saturated rings. The van der Waals surface area contributed by atoms with Gasteiger partial charge in [0.1, 0.15) is 11.3 Å². The third kappa shape index (κ3) is 5.23. The number of sulfonamides is 1. The van der Waals surface area contributed by atoms with Gasteiger partial charge in [0.05, 0.1) is 30.0 Å². The predicted octanol–water partition coefficient (Wildman–Crippen LogP) is 4.22. The van der Waals surface area contributed by atoms with Gasteiger partial charge in [0.2, 0.25) is 20.6 Å². The van der Waals surface area contributed by atoms with Crippen molar-refractivity contribution in [3.8, 4) is 28.7 Å². The van der Waals surface area contributed by atoms with E-state index in [4.69, 9.17) is 9.15 Å². The number of benzene rings is 3. The van der Waals surface area contributed by atoms with E-state index in [1.165, 1.54) is 50.8 Å². The molecular weight excluding hydrogens is 568 g/mol. The monoisotopic (exact) mass is 592 g/mol. The molecule has 1 aliphatic heterocycles. The minimum atomic E-state index is -3.64. The zero-order valence-electron chi connectivity index (χ0n) is 21.4. The van der Waals surface area contributed by atoms with Gasteiger partial charge in [0.15, 0.2) is 17.3 Å². The highest BCUT2D eigenvalue weighted by Gasteiger charge is 2.26. The summed E-state index contributed by atoms with van der Waals surface area (Å²) >= 11 is 1.28. The van der Waals surface area contributed by atoms with Crippen molar-refractivity contribution in [2.24, 2.45) is 10.1 Å². The van der Waals surface area contributed by atoms with Crippen molar-refractivity contribution >= 4 is 44.2 Å². The fourth-order valence-electron chi connectivity index (χ4n) is 4.32. The second-order valence-electron chi connectivity index (χ2n) is 9.10. The van der Waals surface area contributed by atoms with E-state index < -0.39 is 27.3 Å². The molecule has 41 heavy (non-hydrogen) atoms. The van der Waals surface area contributed by atoms with Crippen LogP contribution in [-0.4, -0.2) is 65.2 Å². The first-order valence-corrected chi connectivity index (χ1v) is 14.8. The summed E-state index contributed by atoms with van der Waals surface area (Å²) < 4.78 is 40.2. The first kappa shape index (κ1) is 26.8. The summed E-state index contributed by atoms with van der Waals surface area (Å²) in [5.41, 5.74) is 1.94. The maximum Gasteiger partial charge on any atom is 0.243 e. The molecule has 1 saturated heterocycles. The number of morpholine rings is 1. The molecule has 0 saturated carbocycles. The molecule has 6 rings (SSSR count). The largest absolute Gasteiger partial charge is 0.504 e. The van der Waals surface area contributed by atoms with Crippen molar-refractivity contribution in [2.45, 2.75) is 4.90 Å². The highest BCUT2D eigenvalue weighted by atomic mass is 32.2. The molecule has 5 aromatic rings. The van der Waals surface area contributed by atoms with E-state index in [1.54, 1.807) is 12.1 Å². The maximum atomic E-state index is 13.0. The van der Waals surface area contributed by atoms with Gasteiger partial charge in [0.25, 0.3) is 0 Å². The number of fused-ring (bicyclic) bond motifs is 1. The quantitative estimate of drug-likeness (QED) is 0.197. The second kappa shape index (κ2) is 10.9. The summed E-state index contributed by atoms with van der Waals surface area (Å²) in [4.78, 5) is 5.29. The maximum absolute atomic E-state index is 13.0. The van der Waals surface area contributed by atoms with E-state index in [2.05, 4.69) is 10.1 Å². The molecule has 0 unspecified atom stereocenters. The smallest absolute Gasteiger partial charge is 0.243 e. The van der Waals surface area contributed by atoms with Gasteiger partial charge in [-0.2, -0.15) is 9.41 Å². The molecule has 3 N–H and O–H groups in total. The predicted molar refractivity (Wildman–Crippen MR) is 153 cm³/mol. The van der Waals surface area contributed by atoms with Gasteiger partial charge in [-0.25, -0.2) is 18.1 Å². The lowest BCUT2D eigenvalue weighted by Crippen LogP contribution is -2.40. The van der Waals surface area contributed by atoms with Crippen LogP contribution in [0.4, 0.5) is 5.69 Å². The Labute approximate surface area is 238 Å². The Balaban J connectivity index is 1.41. The average Bonchev–Trinajstić information content (AvgIpc) is 3.60. The molecule has 1 aliphatic rings. The van der Waals surface area contributed by atoms with Crippen molar-refractivity contribution in [1.82, 2.24) is 8.98 Å². The van der Waals surface area contributed by atoms with Crippen LogP contribution in [0.2, 0.25) is 0 Å². The lowest BCUT2D eigenvalue weighted by molar-refractivity contribution is 0.0730. The van der Waals surface area contributed by atoms with E-state index in [1.807, 2.05) is 35.7 Å². The number of rotatable bonds is 6. The molecule has 3 aromatic carbocycles. The van der Waals surface area contributed by atoms with E-state index in [-0.39, 0.29) is 10.5 Å².